The molecule has 42 heavy (non-hydrogen) atoms. The van der Waals surface area contributed by atoms with Gasteiger partial charge in [0.05, 0.1) is 32.8 Å². The lowest BCUT2D eigenvalue weighted by Crippen LogP contribution is -2.49. The van der Waals surface area contributed by atoms with Gasteiger partial charge in [-0.2, -0.15) is 0 Å². The lowest BCUT2D eigenvalue weighted by atomic mass is 9.83. The van der Waals surface area contributed by atoms with Crippen molar-refractivity contribution < 1.29 is 33.4 Å². The summed E-state index contributed by atoms with van der Waals surface area (Å²) in [6, 6.07) is 6.42. The van der Waals surface area contributed by atoms with Gasteiger partial charge in [0, 0.05) is 37.8 Å². The first-order chi connectivity index (χ1) is 20.1. The van der Waals surface area contributed by atoms with Crippen LogP contribution in [0.1, 0.15) is 57.9 Å². The first kappa shape index (κ1) is 31.6. The minimum atomic E-state index is -0.866. The topological polar surface area (TPSA) is 134 Å². The highest BCUT2D eigenvalue weighted by atomic mass is 16.6. The van der Waals surface area contributed by atoms with E-state index in [2.05, 4.69) is 16.7 Å². The lowest BCUT2D eigenvalue weighted by molar-refractivity contribution is -0.134. The maximum Gasteiger partial charge on any atom is 0.234 e. The van der Waals surface area contributed by atoms with Crippen molar-refractivity contribution in [3.63, 3.8) is 0 Å². The molecule has 0 spiro atoms. The molecule has 10 nitrogen and oxygen atoms in total. The smallest absolute Gasteiger partial charge is 0.234 e. The van der Waals surface area contributed by atoms with Crippen LogP contribution in [0.5, 0.6) is 5.75 Å². The highest BCUT2D eigenvalue weighted by molar-refractivity contribution is 5.97. The number of nitrogens with one attached hydrogen (secondary N) is 2. The number of carbonyl (C=O) groups excluding carboxylic acids is 5. The van der Waals surface area contributed by atoms with Crippen LogP contribution < -0.4 is 15.4 Å². The van der Waals surface area contributed by atoms with E-state index in [-0.39, 0.29) is 55.6 Å². The fraction of sp³-hybridized carbons (Fsp3) is 0.594. The molecule has 1 aromatic carbocycles. The summed E-state index contributed by atoms with van der Waals surface area (Å²) >= 11 is 0. The number of ether oxygens (including phenoxy) is 2. The number of Topliss-reactive ketones (excluding diaryl/α,β-unsaturated/α-hetero) is 3. The number of allylic oxidation sites excluding steroid dienone is 2. The molecule has 0 radical (unpaired) electrons. The quantitative estimate of drug-likeness (QED) is 0.224. The molecule has 2 fully saturated rings. The van der Waals surface area contributed by atoms with Gasteiger partial charge in [0.1, 0.15) is 17.1 Å². The van der Waals surface area contributed by atoms with E-state index in [4.69, 9.17) is 9.47 Å². The van der Waals surface area contributed by atoms with E-state index < -0.39 is 29.4 Å². The van der Waals surface area contributed by atoms with Gasteiger partial charge in [0.25, 0.3) is 0 Å². The Bertz CT molecular complexity index is 1200. The number of epoxide rings is 1. The second-order valence-electron chi connectivity index (χ2n) is 12.0. The third-order valence-electron chi connectivity index (χ3n) is 8.36. The molecular weight excluding hydrogens is 538 g/mol. The number of carbonyl (C=O) groups is 5. The molecule has 2 N–H and O–H groups in total. The van der Waals surface area contributed by atoms with Gasteiger partial charge in [-0.3, -0.25) is 28.9 Å². The van der Waals surface area contributed by atoms with Crippen LogP contribution in [-0.2, 0) is 35.1 Å². The molecule has 0 aromatic heterocycles. The van der Waals surface area contributed by atoms with Crippen LogP contribution in [0, 0.1) is 11.8 Å². The largest absolute Gasteiger partial charge is 0.497 e. The minimum absolute atomic E-state index is 0.000556. The molecule has 4 rings (SSSR count). The summed E-state index contributed by atoms with van der Waals surface area (Å²) in [6.45, 7) is 5.11. The molecule has 3 aliphatic rings. The van der Waals surface area contributed by atoms with Gasteiger partial charge in [-0.25, -0.2) is 0 Å². The maximum absolute atomic E-state index is 13.8. The van der Waals surface area contributed by atoms with Gasteiger partial charge >= 0.3 is 0 Å². The summed E-state index contributed by atoms with van der Waals surface area (Å²) in [5, 5.41) is 5.62. The third kappa shape index (κ3) is 8.82. The molecule has 2 amide bonds. The number of benzene rings is 1. The number of rotatable bonds is 16. The molecule has 0 bridgehead atoms. The zero-order valence-corrected chi connectivity index (χ0v) is 24.9. The molecule has 2 heterocycles. The van der Waals surface area contributed by atoms with Gasteiger partial charge < -0.3 is 20.1 Å². The molecule has 228 valence electrons. The molecule has 4 atom stereocenters. The Kier molecular flexibility index (Phi) is 10.7. The first-order valence-corrected chi connectivity index (χ1v) is 14.9. The Balaban J connectivity index is 1.44. The monoisotopic (exact) mass is 581 g/mol. The van der Waals surface area contributed by atoms with Crippen LogP contribution >= 0.6 is 0 Å². The molecule has 1 aliphatic carbocycles. The lowest BCUT2D eigenvalue weighted by Gasteiger charge is -2.26. The van der Waals surface area contributed by atoms with Crippen LogP contribution in [-0.4, -0.2) is 85.6 Å². The fourth-order valence-electron chi connectivity index (χ4n) is 5.70. The van der Waals surface area contributed by atoms with E-state index in [0.29, 0.717) is 31.9 Å². The third-order valence-corrected chi connectivity index (χ3v) is 8.36. The van der Waals surface area contributed by atoms with Crippen LogP contribution in [0.2, 0.25) is 0 Å². The molecule has 2 aliphatic heterocycles. The van der Waals surface area contributed by atoms with E-state index in [0.717, 1.165) is 24.8 Å². The zero-order valence-electron chi connectivity index (χ0n) is 24.9. The minimum Gasteiger partial charge on any atom is -0.497 e. The van der Waals surface area contributed by atoms with Crippen LogP contribution in [0.25, 0.3) is 0 Å². The van der Waals surface area contributed by atoms with Gasteiger partial charge in [-0.15, -0.1) is 0 Å². The van der Waals surface area contributed by atoms with Crippen molar-refractivity contribution in [1.82, 2.24) is 15.5 Å². The summed E-state index contributed by atoms with van der Waals surface area (Å²) in [6.07, 6.45) is 5.88. The summed E-state index contributed by atoms with van der Waals surface area (Å²) in [4.78, 5) is 66.6. The Morgan fingerprint density at radius 2 is 1.88 bits per heavy atom. The van der Waals surface area contributed by atoms with E-state index in [9.17, 15) is 24.0 Å². The number of hydrogen-bond acceptors (Lipinski definition) is 8. The van der Waals surface area contributed by atoms with Crippen molar-refractivity contribution in [2.75, 3.05) is 39.9 Å². The van der Waals surface area contributed by atoms with Crippen LogP contribution in [0.15, 0.2) is 35.9 Å². The highest BCUT2D eigenvalue weighted by Gasteiger charge is 2.50. The maximum atomic E-state index is 13.8. The van der Waals surface area contributed by atoms with E-state index >= 15 is 0 Å². The van der Waals surface area contributed by atoms with Crippen molar-refractivity contribution in [1.29, 1.82) is 0 Å². The number of nitrogens with zero attached hydrogens (tertiary/aromatic N) is 1. The number of piperazine rings is 1. The zero-order chi connectivity index (χ0) is 30.3. The molecule has 0 saturated carbocycles. The Hall–Kier alpha value is -3.37. The molecule has 0 unspecified atom stereocenters. The average Bonchev–Trinajstić information content (AvgIpc) is 3.50. The highest BCUT2D eigenvalue weighted by Crippen LogP contribution is 2.35. The normalized spacial score (nSPS) is 22.4. The Morgan fingerprint density at radius 3 is 2.50 bits per heavy atom. The second-order valence-corrected chi connectivity index (χ2v) is 12.0. The number of methoxy groups -OCH3 is 1. The van der Waals surface area contributed by atoms with Gasteiger partial charge in [-0.05, 0) is 56.7 Å². The van der Waals surface area contributed by atoms with Crippen LogP contribution in [0.4, 0.5) is 0 Å². The van der Waals surface area contributed by atoms with Crippen molar-refractivity contribution in [3.05, 3.63) is 41.5 Å². The van der Waals surface area contributed by atoms with E-state index in [1.165, 1.54) is 5.57 Å². The summed E-state index contributed by atoms with van der Waals surface area (Å²) < 4.78 is 10.7. The van der Waals surface area contributed by atoms with Crippen molar-refractivity contribution in [2.24, 2.45) is 11.8 Å². The summed E-state index contributed by atoms with van der Waals surface area (Å²) in [5.74, 6) is -1.46. The number of ketones is 3. The predicted octanol–water partition coefficient (Wildman–Crippen LogP) is 2.18. The molecule has 10 heteroatoms. The number of hydrogen-bond donors (Lipinski definition) is 2. The molecule has 1 aromatic rings. The SMILES string of the molecule is COc1ccc(C[C@H](NC(=O)[C@H](C)CC(=O)CN2CCNC(=O)C2)C(=O)C[C@@H](CC2=CCCC2)C(=O)[C@@]2(C)CO2)cc1. The fourth-order valence-corrected chi connectivity index (χ4v) is 5.70. The summed E-state index contributed by atoms with van der Waals surface area (Å²) in [7, 11) is 1.57. The number of amides is 2. The van der Waals surface area contributed by atoms with Crippen LogP contribution in [0.3, 0.4) is 0 Å². The molecule has 2 saturated heterocycles. The van der Waals surface area contributed by atoms with Gasteiger partial charge in [0.15, 0.2) is 11.6 Å². The van der Waals surface area contributed by atoms with Crippen molar-refractivity contribution >= 4 is 29.2 Å². The average molecular weight is 582 g/mol. The predicted molar refractivity (Wildman–Crippen MR) is 156 cm³/mol. The Labute approximate surface area is 247 Å². The van der Waals surface area contributed by atoms with E-state index in [1.54, 1.807) is 38.0 Å². The second kappa shape index (κ2) is 14.2. The van der Waals surface area contributed by atoms with E-state index in [1.807, 2.05) is 12.1 Å². The van der Waals surface area contributed by atoms with Crippen molar-refractivity contribution in [2.45, 2.75) is 70.4 Å². The summed E-state index contributed by atoms with van der Waals surface area (Å²) in [5.41, 5.74) is 1.18. The van der Waals surface area contributed by atoms with Gasteiger partial charge in [0.2, 0.25) is 11.8 Å². The van der Waals surface area contributed by atoms with Crippen molar-refractivity contribution in [3.8, 4) is 5.75 Å². The molecular formula is C32H43N3O7. The first-order valence-electron chi connectivity index (χ1n) is 14.9. The Morgan fingerprint density at radius 1 is 1.14 bits per heavy atom. The standard InChI is InChI=1S/C32H43N3O7/c1-21(14-25(36)18-35-13-12-33-29(38)19-35)31(40)34-27(16-23-8-10-26(41-3)11-9-23)28(37)17-24(15-22-6-4-5-7-22)30(39)32(2)20-42-32/h6,8-11,21,24,27H,4-5,7,12-20H2,1-3H3,(H,33,38)(H,34,40)/t21-,24-,27+,32-/m1/s1. The van der Waals surface area contributed by atoms with Gasteiger partial charge in [-0.1, -0.05) is 30.7 Å².